The molecule has 1 rings (SSSR count). The van der Waals surface area contributed by atoms with Crippen LogP contribution in [0.1, 0.15) is 79.1 Å². The molecule has 0 radical (unpaired) electrons. The number of likely N-dealkylation sites (tertiary alicyclic amines) is 1. The molecular formula is C18H38N2. The van der Waals surface area contributed by atoms with Gasteiger partial charge in [0.1, 0.15) is 0 Å². The van der Waals surface area contributed by atoms with Crippen molar-refractivity contribution in [2.45, 2.75) is 84.6 Å². The molecule has 0 aromatic rings. The fourth-order valence-electron chi connectivity index (χ4n) is 3.09. The number of piperidine rings is 1. The summed E-state index contributed by atoms with van der Waals surface area (Å²) in [7, 11) is 0. The van der Waals surface area contributed by atoms with Crippen molar-refractivity contribution in [2.24, 2.45) is 5.92 Å². The zero-order valence-electron chi connectivity index (χ0n) is 14.5. The Labute approximate surface area is 127 Å². The fourth-order valence-corrected chi connectivity index (χ4v) is 3.09. The van der Waals surface area contributed by atoms with Gasteiger partial charge in [0.15, 0.2) is 0 Å². The lowest BCUT2D eigenvalue weighted by molar-refractivity contribution is 0.163. The summed E-state index contributed by atoms with van der Waals surface area (Å²) in [4.78, 5) is 2.71. The van der Waals surface area contributed by atoms with E-state index in [-0.39, 0.29) is 5.54 Å². The Morgan fingerprint density at radius 2 is 1.75 bits per heavy atom. The van der Waals surface area contributed by atoms with Crippen LogP contribution in [-0.2, 0) is 0 Å². The molecule has 2 nitrogen and oxygen atoms in total. The normalized spacial score (nSPS) is 21.3. The minimum atomic E-state index is 0.265. The Bertz CT molecular complexity index is 232. The average Bonchev–Trinajstić information content (AvgIpc) is 2.40. The van der Waals surface area contributed by atoms with Crippen LogP contribution in [-0.4, -0.2) is 36.6 Å². The summed E-state index contributed by atoms with van der Waals surface area (Å²) in [6.07, 6.45) is 11.3. The number of nitrogens with one attached hydrogen (secondary N) is 1. The number of unbranched alkanes of at least 4 members (excludes halogenated alkanes) is 5. The minimum absolute atomic E-state index is 0.265. The lowest BCUT2D eigenvalue weighted by Gasteiger charge is -2.34. The molecule has 0 aliphatic carbocycles. The largest absolute Gasteiger partial charge is 0.312 e. The Hall–Kier alpha value is -0.0800. The summed E-state index contributed by atoms with van der Waals surface area (Å²) in [5, 5.41) is 3.68. The first kappa shape index (κ1) is 18.0. The quantitative estimate of drug-likeness (QED) is 0.629. The van der Waals surface area contributed by atoms with E-state index in [2.05, 4.69) is 37.9 Å². The van der Waals surface area contributed by atoms with Gasteiger partial charge in [-0.05, 0) is 65.6 Å². The second kappa shape index (κ2) is 9.78. The third kappa shape index (κ3) is 8.97. The summed E-state index contributed by atoms with van der Waals surface area (Å²) in [5.41, 5.74) is 0.265. The molecule has 20 heavy (non-hydrogen) atoms. The highest BCUT2D eigenvalue weighted by atomic mass is 15.1. The maximum atomic E-state index is 3.68. The number of nitrogens with zero attached hydrogens (tertiary/aromatic N) is 1. The molecule has 1 fully saturated rings. The van der Waals surface area contributed by atoms with Gasteiger partial charge in [0.25, 0.3) is 0 Å². The summed E-state index contributed by atoms with van der Waals surface area (Å²) in [6.45, 7) is 14.3. The van der Waals surface area contributed by atoms with E-state index >= 15 is 0 Å². The van der Waals surface area contributed by atoms with E-state index in [0.717, 1.165) is 5.92 Å². The van der Waals surface area contributed by atoms with Crippen molar-refractivity contribution in [1.29, 1.82) is 0 Å². The van der Waals surface area contributed by atoms with E-state index in [1.54, 1.807) is 0 Å². The van der Waals surface area contributed by atoms with Crippen LogP contribution < -0.4 is 5.32 Å². The molecule has 0 saturated carbocycles. The van der Waals surface area contributed by atoms with Crippen LogP contribution in [0.4, 0.5) is 0 Å². The molecule has 0 amide bonds. The van der Waals surface area contributed by atoms with Gasteiger partial charge in [-0.25, -0.2) is 0 Å². The first-order valence-corrected chi connectivity index (χ1v) is 8.98. The predicted octanol–water partition coefficient (Wildman–Crippen LogP) is 4.45. The lowest BCUT2D eigenvalue weighted by Crippen LogP contribution is -2.44. The predicted molar refractivity (Wildman–Crippen MR) is 90.3 cm³/mol. The Balaban J connectivity index is 2.08. The van der Waals surface area contributed by atoms with Crippen molar-refractivity contribution >= 4 is 0 Å². The van der Waals surface area contributed by atoms with Gasteiger partial charge in [-0.3, -0.25) is 0 Å². The molecule has 0 aromatic carbocycles. The summed E-state index contributed by atoms with van der Waals surface area (Å²) in [6, 6.07) is 0. The molecular weight excluding hydrogens is 244 g/mol. The Morgan fingerprint density at radius 3 is 2.45 bits per heavy atom. The Morgan fingerprint density at radius 1 is 1.05 bits per heavy atom. The van der Waals surface area contributed by atoms with Gasteiger partial charge in [-0.2, -0.15) is 0 Å². The fraction of sp³-hybridized carbons (Fsp3) is 1.00. The molecule has 1 saturated heterocycles. The highest BCUT2D eigenvalue weighted by Gasteiger charge is 2.20. The third-order valence-electron chi connectivity index (χ3n) is 4.35. The monoisotopic (exact) mass is 282 g/mol. The standard InChI is InChI=1S/C18H38N2/c1-5-6-7-8-9-10-13-20-14-11-12-17(16-20)15-19-18(2,3)4/h17,19H,5-16H2,1-4H3. The van der Waals surface area contributed by atoms with E-state index in [9.17, 15) is 0 Å². The average molecular weight is 283 g/mol. The van der Waals surface area contributed by atoms with Crippen LogP contribution in [0.2, 0.25) is 0 Å². The van der Waals surface area contributed by atoms with E-state index in [0.29, 0.717) is 0 Å². The van der Waals surface area contributed by atoms with E-state index in [1.807, 2.05) is 0 Å². The van der Waals surface area contributed by atoms with Crippen molar-refractivity contribution in [3.63, 3.8) is 0 Å². The second-order valence-corrected chi connectivity index (χ2v) is 7.71. The molecule has 1 atom stereocenters. The number of rotatable bonds is 9. The highest BCUT2D eigenvalue weighted by molar-refractivity contribution is 4.78. The molecule has 2 heteroatoms. The topological polar surface area (TPSA) is 15.3 Å². The molecule has 1 unspecified atom stereocenters. The van der Waals surface area contributed by atoms with Gasteiger partial charge < -0.3 is 10.2 Å². The van der Waals surface area contributed by atoms with Crippen LogP contribution in [0, 0.1) is 5.92 Å². The van der Waals surface area contributed by atoms with Gasteiger partial charge >= 0.3 is 0 Å². The number of hydrogen-bond acceptors (Lipinski definition) is 2. The Kier molecular flexibility index (Phi) is 8.79. The van der Waals surface area contributed by atoms with Crippen molar-refractivity contribution in [3.8, 4) is 0 Å². The first-order chi connectivity index (χ1) is 9.51. The van der Waals surface area contributed by atoms with Gasteiger partial charge in [-0.1, -0.05) is 39.0 Å². The highest BCUT2D eigenvalue weighted by Crippen LogP contribution is 2.17. The van der Waals surface area contributed by atoms with Crippen LogP contribution >= 0.6 is 0 Å². The summed E-state index contributed by atoms with van der Waals surface area (Å²) >= 11 is 0. The zero-order chi connectivity index (χ0) is 14.8. The third-order valence-corrected chi connectivity index (χ3v) is 4.35. The molecule has 120 valence electrons. The SMILES string of the molecule is CCCCCCCCN1CCCC(CNC(C)(C)C)C1. The molecule has 0 spiro atoms. The van der Waals surface area contributed by atoms with Gasteiger partial charge in [0, 0.05) is 12.1 Å². The molecule has 1 N–H and O–H groups in total. The molecule has 1 heterocycles. The molecule has 1 aliphatic rings. The second-order valence-electron chi connectivity index (χ2n) is 7.71. The van der Waals surface area contributed by atoms with Crippen LogP contribution in [0.25, 0.3) is 0 Å². The van der Waals surface area contributed by atoms with Crippen LogP contribution in [0.15, 0.2) is 0 Å². The lowest BCUT2D eigenvalue weighted by atomic mass is 9.96. The van der Waals surface area contributed by atoms with Gasteiger partial charge in [0.2, 0.25) is 0 Å². The number of hydrogen-bond donors (Lipinski definition) is 1. The van der Waals surface area contributed by atoms with Crippen molar-refractivity contribution in [1.82, 2.24) is 10.2 Å². The van der Waals surface area contributed by atoms with E-state index in [4.69, 9.17) is 0 Å². The maximum absolute atomic E-state index is 3.68. The van der Waals surface area contributed by atoms with E-state index in [1.165, 1.54) is 77.5 Å². The summed E-state index contributed by atoms with van der Waals surface area (Å²) in [5.74, 6) is 0.864. The smallest absolute Gasteiger partial charge is 0.00966 e. The summed E-state index contributed by atoms with van der Waals surface area (Å²) < 4.78 is 0. The minimum Gasteiger partial charge on any atom is -0.312 e. The van der Waals surface area contributed by atoms with Crippen molar-refractivity contribution in [2.75, 3.05) is 26.2 Å². The van der Waals surface area contributed by atoms with Crippen LogP contribution in [0.5, 0.6) is 0 Å². The van der Waals surface area contributed by atoms with Gasteiger partial charge in [-0.15, -0.1) is 0 Å². The molecule has 0 bridgehead atoms. The maximum Gasteiger partial charge on any atom is 0.00966 e. The van der Waals surface area contributed by atoms with Crippen LogP contribution in [0.3, 0.4) is 0 Å². The van der Waals surface area contributed by atoms with Gasteiger partial charge in [0.05, 0.1) is 0 Å². The van der Waals surface area contributed by atoms with Crippen molar-refractivity contribution < 1.29 is 0 Å². The van der Waals surface area contributed by atoms with E-state index < -0.39 is 0 Å². The molecule has 1 aliphatic heterocycles. The first-order valence-electron chi connectivity index (χ1n) is 8.98. The van der Waals surface area contributed by atoms with Crippen molar-refractivity contribution in [3.05, 3.63) is 0 Å². The zero-order valence-corrected chi connectivity index (χ0v) is 14.5. The molecule has 0 aromatic heterocycles.